The number of rotatable bonds is 2. The summed E-state index contributed by atoms with van der Waals surface area (Å²) in [5, 5.41) is 10.5. The van der Waals surface area contributed by atoms with Gasteiger partial charge in [0.2, 0.25) is 0 Å². The maximum absolute atomic E-state index is 9.92. The molecule has 0 amide bonds. The first kappa shape index (κ1) is 10.8. The topological polar surface area (TPSA) is 25.2 Å². The van der Waals surface area contributed by atoms with Crippen molar-refractivity contribution in [3.05, 3.63) is 35.1 Å². The Morgan fingerprint density at radius 1 is 1.53 bits per heavy atom. The second-order valence-electron chi connectivity index (χ2n) is 4.19. The molecule has 1 N–H and O–H groups in total. The fourth-order valence-electron chi connectivity index (χ4n) is 2.18. The standard InChI is InChI=1S/C12H16ClNO/c1-9(13)6-14-7-10-4-2-3-5-12(15)11(10)8-14/h7-8,12,15H,1-6H2. The van der Waals surface area contributed by atoms with E-state index < -0.39 is 0 Å². The molecule has 1 heterocycles. The van der Waals surface area contributed by atoms with Crippen molar-refractivity contribution in [1.29, 1.82) is 0 Å². The molecular formula is C12H16ClNO. The average molecular weight is 226 g/mol. The highest BCUT2D eigenvalue weighted by Crippen LogP contribution is 2.29. The highest BCUT2D eigenvalue weighted by molar-refractivity contribution is 6.29. The van der Waals surface area contributed by atoms with E-state index in [0.717, 1.165) is 31.2 Å². The van der Waals surface area contributed by atoms with Gasteiger partial charge in [0.1, 0.15) is 0 Å². The number of hydrogen-bond acceptors (Lipinski definition) is 1. The largest absolute Gasteiger partial charge is 0.388 e. The molecule has 1 aromatic rings. The van der Waals surface area contributed by atoms with Gasteiger partial charge in [-0.25, -0.2) is 0 Å². The molecule has 3 heteroatoms. The molecule has 0 saturated carbocycles. The number of aliphatic hydroxyl groups excluding tert-OH is 1. The zero-order chi connectivity index (χ0) is 10.8. The number of nitrogens with zero attached hydrogens (tertiary/aromatic N) is 1. The lowest BCUT2D eigenvalue weighted by molar-refractivity contribution is 0.166. The molecule has 0 spiro atoms. The number of aryl methyl sites for hydroxylation is 1. The molecule has 2 nitrogen and oxygen atoms in total. The lowest BCUT2D eigenvalue weighted by Gasteiger charge is -2.06. The van der Waals surface area contributed by atoms with Crippen LogP contribution in [-0.4, -0.2) is 9.67 Å². The minimum absolute atomic E-state index is 0.299. The van der Waals surface area contributed by atoms with E-state index in [-0.39, 0.29) is 6.10 Å². The van der Waals surface area contributed by atoms with Crippen LogP contribution in [0.2, 0.25) is 0 Å². The number of fused-ring (bicyclic) bond motifs is 1. The van der Waals surface area contributed by atoms with Gasteiger partial charge in [-0.15, -0.1) is 0 Å². The van der Waals surface area contributed by atoms with Crippen LogP contribution in [0.4, 0.5) is 0 Å². The van der Waals surface area contributed by atoms with Gasteiger partial charge in [0.05, 0.1) is 12.6 Å². The predicted octanol–water partition coefficient (Wildman–Crippen LogP) is 3.00. The molecule has 0 fully saturated rings. The van der Waals surface area contributed by atoms with Crippen LogP contribution < -0.4 is 0 Å². The summed E-state index contributed by atoms with van der Waals surface area (Å²) in [4.78, 5) is 0. The molecule has 1 atom stereocenters. The Kier molecular flexibility index (Phi) is 3.17. The zero-order valence-electron chi connectivity index (χ0n) is 8.75. The van der Waals surface area contributed by atoms with Gasteiger partial charge < -0.3 is 9.67 Å². The summed E-state index contributed by atoms with van der Waals surface area (Å²) in [7, 11) is 0. The fourth-order valence-corrected chi connectivity index (χ4v) is 2.32. The number of hydrogen-bond donors (Lipinski definition) is 1. The molecular weight excluding hydrogens is 210 g/mol. The number of aromatic nitrogens is 1. The fraction of sp³-hybridized carbons (Fsp3) is 0.500. The smallest absolute Gasteiger partial charge is 0.0807 e. The van der Waals surface area contributed by atoms with E-state index in [2.05, 4.69) is 12.8 Å². The first-order chi connectivity index (χ1) is 7.16. The average Bonchev–Trinajstić information content (AvgIpc) is 2.47. The van der Waals surface area contributed by atoms with Crippen molar-refractivity contribution in [3.8, 4) is 0 Å². The van der Waals surface area contributed by atoms with Gasteiger partial charge in [-0.05, 0) is 24.8 Å². The third kappa shape index (κ3) is 2.44. The SMILES string of the molecule is C=C(Cl)Cn1cc2c(c1)C(O)CCCC2. The van der Waals surface area contributed by atoms with E-state index in [1.807, 2.05) is 10.8 Å². The summed E-state index contributed by atoms with van der Waals surface area (Å²) in [6.45, 7) is 4.30. The van der Waals surface area contributed by atoms with Crippen LogP contribution in [0.1, 0.15) is 36.5 Å². The molecule has 0 saturated heterocycles. The van der Waals surface area contributed by atoms with E-state index in [4.69, 9.17) is 11.6 Å². The van der Waals surface area contributed by atoms with E-state index >= 15 is 0 Å². The second kappa shape index (κ2) is 4.42. The van der Waals surface area contributed by atoms with Gasteiger partial charge in [0, 0.05) is 23.0 Å². The summed E-state index contributed by atoms with van der Waals surface area (Å²) in [5.74, 6) is 0. The molecule has 1 aromatic heterocycles. The molecule has 82 valence electrons. The van der Waals surface area contributed by atoms with Gasteiger partial charge in [-0.3, -0.25) is 0 Å². The molecule has 1 unspecified atom stereocenters. The zero-order valence-corrected chi connectivity index (χ0v) is 9.50. The minimum Gasteiger partial charge on any atom is -0.388 e. The first-order valence-corrected chi connectivity index (χ1v) is 5.74. The Labute approximate surface area is 95.2 Å². The monoisotopic (exact) mass is 225 g/mol. The Bertz CT molecular complexity index is 370. The normalized spacial score (nSPS) is 20.8. The van der Waals surface area contributed by atoms with Crippen LogP contribution in [-0.2, 0) is 13.0 Å². The van der Waals surface area contributed by atoms with Gasteiger partial charge in [-0.1, -0.05) is 24.6 Å². The Morgan fingerprint density at radius 2 is 2.33 bits per heavy atom. The molecule has 1 aliphatic rings. The van der Waals surface area contributed by atoms with Crippen molar-refractivity contribution in [1.82, 2.24) is 4.57 Å². The molecule has 0 bridgehead atoms. The van der Waals surface area contributed by atoms with Crippen molar-refractivity contribution in [2.45, 2.75) is 38.3 Å². The van der Waals surface area contributed by atoms with Gasteiger partial charge in [0.25, 0.3) is 0 Å². The van der Waals surface area contributed by atoms with Gasteiger partial charge in [0.15, 0.2) is 0 Å². The van der Waals surface area contributed by atoms with Crippen LogP contribution in [0.15, 0.2) is 24.0 Å². The number of allylic oxidation sites excluding steroid dienone is 1. The molecule has 0 aromatic carbocycles. The third-order valence-corrected chi connectivity index (χ3v) is 3.00. The molecule has 2 rings (SSSR count). The summed E-state index contributed by atoms with van der Waals surface area (Å²) in [6.07, 6.45) is 7.99. The maximum atomic E-state index is 9.92. The Hall–Kier alpha value is -0.730. The van der Waals surface area contributed by atoms with Crippen LogP contribution in [0.5, 0.6) is 0 Å². The van der Waals surface area contributed by atoms with Crippen LogP contribution in [0, 0.1) is 0 Å². The molecule has 15 heavy (non-hydrogen) atoms. The van der Waals surface area contributed by atoms with Gasteiger partial charge in [-0.2, -0.15) is 0 Å². The van der Waals surface area contributed by atoms with E-state index in [1.165, 1.54) is 5.56 Å². The summed E-state index contributed by atoms with van der Waals surface area (Å²) in [5.41, 5.74) is 2.34. The molecule has 0 radical (unpaired) electrons. The highest BCUT2D eigenvalue weighted by atomic mass is 35.5. The quantitative estimate of drug-likeness (QED) is 0.770. The lowest BCUT2D eigenvalue weighted by Crippen LogP contribution is -1.96. The summed E-state index contributed by atoms with van der Waals surface area (Å²) < 4.78 is 2.01. The van der Waals surface area contributed by atoms with Crippen LogP contribution >= 0.6 is 11.6 Å². The second-order valence-corrected chi connectivity index (χ2v) is 4.72. The summed E-state index contributed by atoms with van der Waals surface area (Å²) >= 11 is 5.77. The molecule has 0 aliphatic heterocycles. The highest BCUT2D eigenvalue weighted by Gasteiger charge is 2.18. The Balaban J connectivity index is 2.25. The predicted molar refractivity (Wildman–Crippen MR) is 61.9 cm³/mol. The van der Waals surface area contributed by atoms with Crippen molar-refractivity contribution in [3.63, 3.8) is 0 Å². The lowest BCUT2D eigenvalue weighted by atomic mass is 10.1. The summed E-state index contributed by atoms with van der Waals surface area (Å²) in [6, 6.07) is 0. The van der Waals surface area contributed by atoms with Crippen LogP contribution in [0.25, 0.3) is 0 Å². The van der Waals surface area contributed by atoms with Crippen LogP contribution in [0.3, 0.4) is 0 Å². The first-order valence-electron chi connectivity index (χ1n) is 5.36. The van der Waals surface area contributed by atoms with E-state index in [0.29, 0.717) is 11.6 Å². The third-order valence-electron chi connectivity index (χ3n) is 2.88. The number of aliphatic hydroxyl groups is 1. The van der Waals surface area contributed by atoms with Gasteiger partial charge >= 0.3 is 0 Å². The minimum atomic E-state index is -0.299. The molecule has 1 aliphatic carbocycles. The number of halogens is 1. The van der Waals surface area contributed by atoms with E-state index in [1.54, 1.807) is 0 Å². The van der Waals surface area contributed by atoms with Crippen molar-refractivity contribution < 1.29 is 5.11 Å². The van der Waals surface area contributed by atoms with Crippen molar-refractivity contribution >= 4 is 11.6 Å². The maximum Gasteiger partial charge on any atom is 0.0807 e. The van der Waals surface area contributed by atoms with E-state index in [9.17, 15) is 5.11 Å². The van der Waals surface area contributed by atoms with Crippen molar-refractivity contribution in [2.75, 3.05) is 0 Å². The Morgan fingerprint density at radius 3 is 3.07 bits per heavy atom. The van der Waals surface area contributed by atoms with Crippen molar-refractivity contribution in [2.24, 2.45) is 0 Å².